The van der Waals surface area contributed by atoms with Crippen molar-refractivity contribution in [1.29, 1.82) is 0 Å². The van der Waals surface area contributed by atoms with Crippen molar-refractivity contribution in [1.82, 2.24) is 25.5 Å². The van der Waals surface area contributed by atoms with Crippen molar-refractivity contribution in [3.8, 4) is 0 Å². The van der Waals surface area contributed by atoms with Crippen molar-refractivity contribution in [2.45, 2.75) is 30.7 Å². The molecule has 0 bridgehead atoms. The number of oxime groups is 1. The zero-order valence-corrected chi connectivity index (χ0v) is 22.1. The number of nitrogens with zero attached hydrogens (tertiary/aromatic N) is 4. The number of anilines is 1. The van der Waals surface area contributed by atoms with Gasteiger partial charge in [-0.1, -0.05) is 12.1 Å². The van der Waals surface area contributed by atoms with Crippen molar-refractivity contribution in [2.24, 2.45) is 5.16 Å². The number of carboxylic acids is 1. The number of carbonyl (C=O) groups excluding carboxylic acids is 3. The molecule has 5 rings (SSSR count). The highest BCUT2D eigenvalue weighted by Gasteiger charge is 2.55. The van der Waals surface area contributed by atoms with Crippen molar-refractivity contribution >= 4 is 57.6 Å². The number of aliphatic carboxylic acids is 1. The lowest BCUT2D eigenvalue weighted by Gasteiger charge is -2.50. The van der Waals surface area contributed by atoms with Gasteiger partial charge in [0.25, 0.3) is 11.8 Å². The molecule has 3 amide bonds. The second-order valence-electron chi connectivity index (χ2n) is 8.91. The van der Waals surface area contributed by atoms with Gasteiger partial charge < -0.3 is 26.7 Å². The summed E-state index contributed by atoms with van der Waals surface area (Å²) in [6.07, 6.45) is 3.67. The van der Waals surface area contributed by atoms with Gasteiger partial charge in [0.1, 0.15) is 22.8 Å². The zero-order valence-electron chi connectivity index (χ0n) is 20.5. The fourth-order valence-corrected chi connectivity index (χ4v) is 6.86. The molecular weight excluding hydrogens is 546 g/mol. The summed E-state index contributed by atoms with van der Waals surface area (Å²) < 4.78 is 0. The molecule has 0 radical (unpaired) electrons. The lowest BCUT2D eigenvalue weighted by Crippen LogP contribution is -2.71. The van der Waals surface area contributed by atoms with E-state index in [2.05, 4.69) is 25.8 Å². The number of nitrogens with two attached hydrogens (primary N) is 1. The molecule has 2 aromatic rings. The molecule has 39 heavy (non-hydrogen) atoms. The van der Waals surface area contributed by atoms with Crippen LogP contribution in [-0.2, 0) is 19.2 Å². The first-order chi connectivity index (χ1) is 18.7. The third-order valence-electron chi connectivity index (χ3n) is 6.76. The van der Waals surface area contributed by atoms with Gasteiger partial charge in [-0.15, -0.1) is 23.1 Å². The molecule has 202 valence electrons. The van der Waals surface area contributed by atoms with Crippen molar-refractivity contribution < 1.29 is 29.5 Å². The molecule has 0 saturated carbocycles. The SMILES string of the molecule is CC(C(=C1CCNC1=O)C1=C(C(=O)O)N2C(=O)[C@@H](NC(=O)C(=NO)c3csc(N)n3)[C@H]2SC1)c1ccncc1. The molecule has 2 aromatic heterocycles. The summed E-state index contributed by atoms with van der Waals surface area (Å²) in [6.45, 7) is 2.32. The zero-order chi connectivity index (χ0) is 27.8. The topological polar surface area (TPSA) is 200 Å². The number of hydrogen-bond acceptors (Lipinski definition) is 11. The van der Waals surface area contributed by atoms with E-state index in [1.54, 1.807) is 24.5 Å². The minimum atomic E-state index is -1.32. The third kappa shape index (κ3) is 4.63. The predicted molar refractivity (Wildman–Crippen MR) is 142 cm³/mol. The van der Waals surface area contributed by atoms with Crippen molar-refractivity contribution in [3.63, 3.8) is 0 Å². The number of amides is 3. The first kappa shape index (κ1) is 26.4. The number of thiazole rings is 1. The number of aromatic nitrogens is 2. The Labute approximate surface area is 229 Å². The number of allylic oxidation sites excluding steroid dienone is 1. The number of rotatable bonds is 7. The molecule has 13 nitrogen and oxygen atoms in total. The van der Waals surface area contributed by atoms with E-state index >= 15 is 0 Å². The number of carboxylic acid groups (broad SMARTS) is 1. The van der Waals surface area contributed by atoms with Crippen LogP contribution in [0.25, 0.3) is 0 Å². The van der Waals surface area contributed by atoms with Crippen LogP contribution in [0.5, 0.6) is 0 Å². The van der Waals surface area contributed by atoms with Crippen LogP contribution in [0, 0.1) is 0 Å². The minimum absolute atomic E-state index is 0.0436. The lowest BCUT2D eigenvalue weighted by molar-refractivity contribution is -0.150. The number of nitrogens with one attached hydrogen (secondary N) is 2. The Bertz CT molecular complexity index is 1470. The predicted octanol–water partition coefficient (Wildman–Crippen LogP) is 0.657. The molecule has 2 saturated heterocycles. The van der Waals surface area contributed by atoms with E-state index in [1.807, 2.05) is 6.92 Å². The summed E-state index contributed by atoms with van der Waals surface area (Å²) in [5.41, 5.74) is 7.27. The van der Waals surface area contributed by atoms with Crippen LogP contribution in [-0.4, -0.2) is 78.3 Å². The summed E-state index contributed by atoms with van der Waals surface area (Å²) >= 11 is 2.32. The Hall–Kier alpha value is -4.24. The molecule has 2 fully saturated rings. The van der Waals surface area contributed by atoms with Crippen molar-refractivity contribution in [2.75, 3.05) is 18.0 Å². The number of thioether (sulfide) groups is 1. The molecule has 3 aliphatic rings. The van der Waals surface area contributed by atoms with Gasteiger partial charge in [-0.2, -0.15) is 0 Å². The molecule has 15 heteroatoms. The largest absolute Gasteiger partial charge is 0.477 e. The fraction of sp³-hybridized carbons (Fsp3) is 0.292. The quantitative estimate of drug-likeness (QED) is 0.104. The molecule has 0 spiro atoms. The van der Waals surface area contributed by atoms with E-state index in [1.165, 1.54) is 17.1 Å². The van der Waals surface area contributed by atoms with Gasteiger partial charge in [0, 0.05) is 41.6 Å². The van der Waals surface area contributed by atoms with E-state index in [0.717, 1.165) is 21.8 Å². The highest BCUT2D eigenvalue weighted by atomic mass is 32.2. The number of pyridine rings is 1. The maximum absolute atomic E-state index is 13.3. The Morgan fingerprint density at radius 1 is 1.31 bits per heavy atom. The molecule has 3 atom stereocenters. The van der Waals surface area contributed by atoms with E-state index in [4.69, 9.17) is 5.73 Å². The average Bonchev–Trinajstić information content (AvgIpc) is 3.55. The molecule has 3 aliphatic heterocycles. The summed E-state index contributed by atoms with van der Waals surface area (Å²) in [6, 6.07) is 2.54. The molecule has 5 heterocycles. The third-order valence-corrected chi connectivity index (χ3v) is 8.71. The van der Waals surface area contributed by atoms with Gasteiger partial charge in [-0.25, -0.2) is 9.78 Å². The second-order valence-corrected chi connectivity index (χ2v) is 10.9. The van der Waals surface area contributed by atoms with Crippen LogP contribution >= 0.6 is 23.1 Å². The Morgan fingerprint density at radius 3 is 2.64 bits per heavy atom. The smallest absolute Gasteiger partial charge is 0.352 e. The van der Waals surface area contributed by atoms with Crippen molar-refractivity contribution in [3.05, 3.63) is 63.6 Å². The maximum Gasteiger partial charge on any atom is 0.352 e. The van der Waals surface area contributed by atoms with E-state index in [9.17, 15) is 29.5 Å². The van der Waals surface area contributed by atoms with Crippen LogP contribution in [0.15, 0.2) is 57.5 Å². The van der Waals surface area contributed by atoms with Gasteiger partial charge in [-0.3, -0.25) is 24.3 Å². The first-order valence-electron chi connectivity index (χ1n) is 11.8. The van der Waals surface area contributed by atoms with E-state index in [0.29, 0.717) is 29.7 Å². The highest BCUT2D eigenvalue weighted by Crippen LogP contribution is 2.46. The first-order valence-corrected chi connectivity index (χ1v) is 13.7. The highest BCUT2D eigenvalue weighted by molar-refractivity contribution is 8.00. The van der Waals surface area contributed by atoms with Crippen LogP contribution in [0.4, 0.5) is 5.13 Å². The molecule has 6 N–H and O–H groups in total. The molecule has 0 aliphatic carbocycles. The Morgan fingerprint density at radius 2 is 2.05 bits per heavy atom. The van der Waals surface area contributed by atoms with Crippen LogP contribution in [0.2, 0.25) is 0 Å². The van der Waals surface area contributed by atoms with Crippen LogP contribution in [0.3, 0.4) is 0 Å². The summed E-state index contributed by atoms with van der Waals surface area (Å²) in [4.78, 5) is 60.5. The monoisotopic (exact) mass is 569 g/mol. The number of nitrogen functional groups attached to an aromatic ring is 1. The second kappa shape index (κ2) is 10.5. The van der Waals surface area contributed by atoms with E-state index in [-0.39, 0.29) is 34.1 Å². The van der Waals surface area contributed by atoms with Crippen LogP contribution < -0.4 is 16.4 Å². The number of fused-ring (bicyclic) bond motifs is 1. The Kier molecular flexibility index (Phi) is 7.10. The number of carbonyl (C=O) groups is 4. The summed E-state index contributed by atoms with van der Waals surface area (Å²) in [5, 5.41) is 28.8. The maximum atomic E-state index is 13.3. The van der Waals surface area contributed by atoms with Gasteiger partial charge in [-0.05, 0) is 35.3 Å². The summed E-state index contributed by atoms with van der Waals surface area (Å²) in [5.74, 6) is -3.24. The minimum Gasteiger partial charge on any atom is -0.477 e. The standard InChI is InChI=1S/C24H23N7O6S2/c1-10(11-2-5-26-6-3-11)15(12-4-7-27-19(12)32)13-8-38-22-17(21(34)31(22)18(13)23(35)36)29-20(33)16(30-37)14-9-39-24(25)28-14/h2-3,5-6,9-10,17,22,37H,4,7-8H2,1H3,(H2,25,28)(H,27,32)(H,29,33)(H,35,36)/t10?,17-,22-/m1/s1. The van der Waals surface area contributed by atoms with Gasteiger partial charge in [0.2, 0.25) is 5.91 Å². The number of hydrogen-bond donors (Lipinski definition) is 5. The van der Waals surface area contributed by atoms with Crippen LogP contribution in [0.1, 0.15) is 30.5 Å². The van der Waals surface area contributed by atoms with Gasteiger partial charge in [0.15, 0.2) is 10.8 Å². The van der Waals surface area contributed by atoms with Gasteiger partial charge >= 0.3 is 5.97 Å². The molecule has 1 unspecified atom stereocenters. The molecular formula is C24H23N7O6S2. The lowest BCUT2D eigenvalue weighted by atomic mass is 9.83. The summed E-state index contributed by atoms with van der Waals surface area (Å²) in [7, 11) is 0. The van der Waals surface area contributed by atoms with E-state index < -0.39 is 34.9 Å². The number of β-lactam (4-membered cyclic amide) rings is 1. The average molecular weight is 570 g/mol. The Balaban J connectivity index is 1.48. The van der Waals surface area contributed by atoms with Gasteiger partial charge in [0.05, 0.1) is 0 Å². The fourth-order valence-electron chi connectivity index (χ4n) is 4.95. The molecule has 0 aromatic carbocycles. The normalized spacial score (nSPS) is 23.1.